The summed E-state index contributed by atoms with van der Waals surface area (Å²) in [5.74, 6) is 0.433. The van der Waals surface area contributed by atoms with Crippen LogP contribution in [0.2, 0.25) is 0 Å². The Morgan fingerprint density at radius 3 is 2.67 bits per heavy atom. The van der Waals surface area contributed by atoms with Gasteiger partial charge in [-0.2, -0.15) is 4.98 Å². The number of H-pyrrole nitrogens is 2. The lowest BCUT2D eigenvalue weighted by atomic mass is 10.1. The van der Waals surface area contributed by atoms with Gasteiger partial charge in [0.15, 0.2) is 0 Å². The van der Waals surface area contributed by atoms with Crippen molar-refractivity contribution >= 4 is 44.9 Å². The van der Waals surface area contributed by atoms with Crippen LogP contribution in [0.4, 0.5) is 23.1 Å². The molecule has 0 fully saturated rings. The molecule has 0 saturated heterocycles. The molecule has 30 heavy (non-hydrogen) atoms. The molecule has 0 aliphatic rings. The second-order valence-electron chi connectivity index (χ2n) is 6.84. The molecule has 0 atom stereocenters. The van der Waals surface area contributed by atoms with E-state index in [4.69, 9.17) is 0 Å². The first-order valence-corrected chi connectivity index (χ1v) is 9.31. The summed E-state index contributed by atoms with van der Waals surface area (Å²) in [5.41, 5.74) is 3.60. The Morgan fingerprint density at radius 1 is 0.967 bits per heavy atom. The molecule has 0 radical (unpaired) electrons. The normalized spacial score (nSPS) is 11.1. The summed E-state index contributed by atoms with van der Waals surface area (Å²) < 4.78 is 0. The Kier molecular flexibility index (Phi) is 4.25. The topological polar surface area (TPSA) is 125 Å². The number of hydrogen-bond acceptors (Lipinski definition) is 6. The van der Waals surface area contributed by atoms with E-state index in [1.807, 2.05) is 60.9 Å². The number of anilines is 3. The van der Waals surface area contributed by atoms with Crippen molar-refractivity contribution in [3.63, 3.8) is 0 Å². The molecule has 0 amide bonds. The van der Waals surface area contributed by atoms with Crippen molar-refractivity contribution in [1.82, 2.24) is 19.9 Å². The summed E-state index contributed by atoms with van der Waals surface area (Å²) in [7, 11) is 0. The van der Waals surface area contributed by atoms with E-state index in [0.29, 0.717) is 6.54 Å². The van der Waals surface area contributed by atoms with Crippen LogP contribution in [-0.2, 0) is 6.54 Å². The van der Waals surface area contributed by atoms with Crippen LogP contribution in [0.15, 0.2) is 67.1 Å². The predicted octanol–water partition coefficient (Wildman–Crippen LogP) is 4.70. The van der Waals surface area contributed by atoms with E-state index in [-0.39, 0.29) is 17.5 Å². The van der Waals surface area contributed by atoms with E-state index >= 15 is 0 Å². The number of nitrogens with zero attached hydrogens (tertiary/aromatic N) is 3. The van der Waals surface area contributed by atoms with Gasteiger partial charge in [-0.05, 0) is 52.7 Å². The Bertz CT molecular complexity index is 1370. The molecule has 9 nitrogen and oxygen atoms in total. The summed E-state index contributed by atoms with van der Waals surface area (Å²) >= 11 is 0. The minimum Gasteiger partial charge on any atom is -0.361 e. The molecule has 5 rings (SSSR count). The van der Waals surface area contributed by atoms with Gasteiger partial charge in [0.2, 0.25) is 11.8 Å². The summed E-state index contributed by atoms with van der Waals surface area (Å²) in [5, 5.41) is 19.8. The first-order chi connectivity index (χ1) is 14.7. The monoisotopic (exact) mass is 399 g/mol. The van der Waals surface area contributed by atoms with E-state index < -0.39 is 4.92 Å². The number of fused-ring (bicyclic) bond motifs is 2. The third-order valence-corrected chi connectivity index (χ3v) is 4.85. The zero-order valence-electron chi connectivity index (χ0n) is 15.7. The van der Waals surface area contributed by atoms with E-state index in [0.717, 1.165) is 33.1 Å². The van der Waals surface area contributed by atoms with Crippen molar-refractivity contribution < 1.29 is 4.92 Å². The number of aromatic nitrogens is 4. The third kappa shape index (κ3) is 3.39. The molecule has 3 heterocycles. The maximum absolute atomic E-state index is 11.4. The average Bonchev–Trinajstić information content (AvgIpc) is 3.40. The van der Waals surface area contributed by atoms with Gasteiger partial charge < -0.3 is 20.6 Å². The molecule has 4 N–H and O–H groups in total. The van der Waals surface area contributed by atoms with Crippen LogP contribution in [0.3, 0.4) is 0 Å². The summed E-state index contributed by atoms with van der Waals surface area (Å²) in [6.07, 6.45) is 4.95. The Hall–Kier alpha value is -4.40. The van der Waals surface area contributed by atoms with Crippen LogP contribution in [0.25, 0.3) is 21.8 Å². The summed E-state index contributed by atoms with van der Waals surface area (Å²) in [6.45, 7) is 0.396. The first-order valence-electron chi connectivity index (χ1n) is 9.31. The van der Waals surface area contributed by atoms with Crippen LogP contribution in [0, 0.1) is 10.1 Å². The van der Waals surface area contributed by atoms with Gasteiger partial charge in [-0.25, -0.2) is 4.98 Å². The molecular formula is C21H17N7O2. The number of nitro groups is 1. The molecule has 0 bridgehead atoms. The smallest absolute Gasteiger partial charge is 0.329 e. The maximum Gasteiger partial charge on any atom is 0.329 e. The van der Waals surface area contributed by atoms with Crippen molar-refractivity contribution in [2.24, 2.45) is 0 Å². The summed E-state index contributed by atoms with van der Waals surface area (Å²) in [4.78, 5) is 25.6. The minimum absolute atomic E-state index is 0.160. The molecule has 5 aromatic rings. The highest BCUT2D eigenvalue weighted by Gasteiger charge is 2.17. The Balaban J connectivity index is 1.39. The second-order valence-corrected chi connectivity index (χ2v) is 6.84. The van der Waals surface area contributed by atoms with Gasteiger partial charge in [0.05, 0.1) is 4.92 Å². The molecule has 148 valence electrons. The maximum atomic E-state index is 11.4. The number of rotatable bonds is 6. The molecule has 0 spiro atoms. The Labute approximate surface area is 170 Å². The molecule has 3 aromatic heterocycles. The number of benzene rings is 2. The van der Waals surface area contributed by atoms with Gasteiger partial charge in [-0.1, -0.05) is 12.1 Å². The SMILES string of the molecule is O=[N+]([O-])c1cnc(Nc2ccc3cc[nH]c3c2)nc1NCc1ccc2[nH]ccc2c1. The highest BCUT2D eigenvalue weighted by atomic mass is 16.6. The molecule has 0 unspecified atom stereocenters. The molecule has 0 aliphatic carbocycles. The summed E-state index contributed by atoms with van der Waals surface area (Å²) in [6, 6.07) is 15.7. The van der Waals surface area contributed by atoms with E-state index in [2.05, 4.69) is 30.6 Å². The molecule has 0 saturated carbocycles. The van der Waals surface area contributed by atoms with Crippen molar-refractivity contribution in [1.29, 1.82) is 0 Å². The lowest BCUT2D eigenvalue weighted by molar-refractivity contribution is -0.384. The fourth-order valence-electron chi connectivity index (χ4n) is 3.35. The highest BCUT2D eigenvalue weighted by molar-refractivity contribution is 5.83. The average molecular weight is 399 g/mol. The van der Waals surface area contributed by atoms with E-state index in [9.17, 15) is 10.1 Å². The van der Waals surface area contributed by atoms with Crippen molar-refractivity contribution in [2.75, 3.05) is 10.6 Å². The van der Waals surface area contributed by atoms with Crippen LogP contribution in [-0.4, -0.2) is 24.9 Å². The quantitative estimate of drug-likeness (QED) is 0.242. The molecule has 9 heteroatoms. The van der Waals surface area contributed by atoms with Gasteiger partial charge in [-0.15, -0.1) is 0 Å². The van der Waals surface area contributed by atoms with Gasteiger partial charge in [0.25, 0.3) is 0 Å². The van der Waals surface area contributed by atoms with E-state index in [1.54, 1.807) is 0 Å². The fraction of sp³-hybridized carbons (Fsp3) is 0.0476. The van der Waals surface area contributed by atoms with Crippen LogP contribution < -0.4 is 10.6 Å². The van der Waals surface area contributed by atoms with Gasteiger partial charge >= 0.3 is 5.69 Å². The van der Waals surface area contributed by atoms with Gasteiger partial charge in [0.1, 0.15) is 6.20 Å². The van der Waals surface area contributed by atoms with Crippen molar-refractivity contribution in [3.05, 3.63) is 82.8 Å². The second kappa shape index (κ2) is 7.21. The number of hydrogen-bond donors (Lipinski definition) is 4. The first kappa shape index (κ1) is 17.7. The fourth-order valence-corrected chi connectivity index (χ4v) is 3.35. The van der Waals surface area contributed by atoms with Crippen molar-refractivity contribution in [3.8, 4) is 0 Å². The zero-order valence-corrected chi connectivity index (χ0v) is 15.7. The minimum atomic E-state index is -0.494. The number of aromatic amines is 2. The van der Waals surface area contributed by atoms with Crippen LogP contribution >= 0.6 is 0 Å². The third-order valence-electron chi connectivity index (χ3n) is 4.85. The zero-order chi connectivity index (χ0) is 20.5. The largest absolute Gasteiger partial charge is 0.361 e. The van der Waals surface area contributed by atoms with E-state index in [1.165, 1.54) is 6.20 Å². The lowest BCUT2D eigenvalue weighted by Gasteiger charge is -2.09. The van der Waals surface area contributed by atoms with Gasteiger partial charge in [-0.3, -0.25) is 10.1 Å². The van der Waals surface area contributed by atoms with Crippen molar-refractivity contribution in [2.45, 2.75) is 6.54 Å². The number of nitrogens with one attached hydrogen (secondary N) is 4. The molecular weight excluding hydrogens is 382 g/mol. The lowest BCUT2D eigenvalue weighted by Crippen LogP contribution is -2.07. The highest BCUT2D eigenvalue weighted by Crippen LogP contribution is 2.26. The predicted molar refractivity (Wildman–Crippen MR) is 116 cm³/mol. The van der Waals surface area contributed by atoms with Gasteiger partial charge in [0, 0.05) is 35.7 Å². The Morgan fingerprint density at radius 2 is 1.80 bits per heavy atom. The molecule has 0 aliphatic heterocycles. The molecule has 2 aromatic carbocycles. The standard InChI is InChI=1S/C21H17N7O2/c29-28(30)19-12-25-21(26-16-3-2-14-5-7-23-18(14)10-16)27-20(19)24-11-13-1-4-17-15(9-13)6-8-22-17/h1-10,12,22-23H,11H2,(H2,24,25,26,27). The van der Waals surface area contributed by atoms with Crippen LogP contribution in [0.1, 0.15) is 5.56 Å². The van der Waals surface area contributed by atoms with Crippen LogP contribution in [0.5, 0.6) is 0 Å².